The second-order valence-electron chi connectivity index (χ2n) is 6.25. The zero-order valence-electron chi connectivity index (χ0n) is 13.1. The van der Waals surface area contributed by atoms with Crippen LogP contribution in [0.3, 0.4) is 0 Å². The molecule has 2 nitrogen and oxygen atoms in total. The molecule has 0 aliphatic heterocycles. The average molecular weight is 293 g/mol. The fourth-order valence-electron chi connectivity index (χ4n) is 3.39. The molecule has 1 N–H and O–H groups in total. The van der Waals surface area contributed by atoms with Gasteiger partial charge >= 0.3 is 0 Å². The molecule has 0 aromatic heterocycles. The van der Waals surface area contributed by atoms with Gasteiger partial charge in [-0.3, -0.25) is 4.79 Å². The highest BCUT2D eigenvalue weighted by atomic mass is 16.1. The lowest BCUT2D eigenvalue weighted by Crippen LogP contribution is -2.37. The Morgan fingerprint density at radius 1 is 0.909 bits per heavy atom. The maximum atomic E-state index is 12.4. The van der Waals surface area contributed by atoms with E-state index in [9.17, 15) is 4.79 Å². The van der Waals surface area contributed by atoms with E-state index in [-0.39, 0.29) is 5.91 Å². The molecule has 1 amide bonds. The molecule has 2 aromatic carbocycles. The Hall–Kier alpha value is -2.09. The summed E-state index contributed by atoms with van der Waals surface area (Å²) in [6, 6.07) is 18.8. The number of rotatable bonds is 3. The van der Waals surface area contributed by atoms with E-state index in [2.05, 4.69) is 35.6 Å². The first-order valence-electron chi connectivity index (χ1n) is 8.15. The van der Waals surface area contributed by atoms with Crippen molar-refractivity contribution in [3.05, 3.63) is 71.3 Å². The molecular formula is C20H23NO. The zero-order valence-corrected chi connectivity index (χ0v) is 13.1. The van der Waals surface area contributed by atoms with Gasteiger partial charge in [0.1, 0.15) is 0 Å². The molecule has 0 heterocycles. The SMILES string of the molecule is Cc1ccccc1C(=O)NC1CCC(c2ccccc2)CC1. The Morgan fingerprint density at radius 2 is 1.55 bits per heavy atom. The molecule has 0 radical (unpaired) electrons. The molecule has 2 aromatic rings. The summed E-state index contributed by atoms with van der Waals surface area (Å²) in [6.07, 6.45) is 4.44. The summed E-state index contributed by atoms with van der Waals surface area (Å²) in [7, 11) is 0. The van der Waals surface area contributed by atoms with E-state index in [0.29, 0.717) is 12.0 Å². The Labute approximate surface area is 132 Å². The number of aryl methyl sites for hydroxylation is 1. The second kappa shape index (κ2) is 6.78. The van der Waals surface area contributed by atoms with Crippen LogP contribution < -0.4 is 5.32 Å². The number of hydrogen-bond donors (Lipinski definition) is 1. The van der Waals surface area contributed by atoms with Gasteiger partial charge < -0.3 is 5.32 Å². The van der Waals surface area contributed by atoms with Gasteiger partial charge in [-0.15, -0.1) is 0 Å². The van der Waals surface area contributed by atoms with Crippen LogP contribution in [0, 0.1) is 6.92 Å². The minimum atomic E-state index is 0.0706. The molecule has 2 heteroatoms. The number of amides is 1. The van der Waals surface area contributed by atoms with Crippen molar-refractivity contribution in [1.29, 1.82) is 0 Å². The molecule has 0 unspecified atom stereocenters. The van der Waals surface area contributed by atoms with Crippen molar-refractivity contribution in [3.8, 4) is 0 Å². The Kier molecular flexibility index (Phi) is 4.57. The third-order valence-corrected chi connectivity index (χ3v) is 4.72. The molecule has 3 rings (SSSR count). The lowest BCUT2D eigenvalue weighted by molar-refractivity contribution is 0.0925. The van der Waals surface area contributed by atoms with Crippen molar-refractivity contribution < 1.29 is 4.79 Å². The van der Waals surface area contributed by atoms with Crippen molar-refractivity contribution in [2.24, 2.45) is 0 Å². The first-order valence-corrected chi connectivity index (χ1v) is 8.15. The molecule has 22 heavy (non-hydrogen) atoms. The van der Waals surface area contributed by atoms with E-state index >= 15 is 0 Å². The Balaban J connectivity index is 1.56. The van der Waals surface area contributed by atoms with Crippen LogP contribution in [0.5, 0.6) is 0 Å². The lowest BCUT2D eigenvalue weighted by Gasteiger charge is -2.29. The number of carbonyl (C=O) groups excluding carboxylic acids is 1. The Bertz CT molecular complexity index is 627. The quantitative estimate of drug-likeness (QED) is 0.890. The molecular weight excluding hydrogens is 270 g/mol. The first kappa shape index (κ1) is 14.8. The average Bonchev–Trinajstić information content (AvgIpc) is 2.57. The standard InChI is InChI=1S/C20H23NO/c1-15-7-5-6-10-19(15)20(22)21-18-13-11-17(12-14-18)16-8-3-2-4-9-16/h2-10,17-18H,11-14H2,1H3,(H,21,22). The number of benzene rings is 2. The van der Waals surface area contributed by atoms with Crippen LogP contribution >= 0.6 is 0 Å². The summed E-state index contributed by atoms with van der Waals surface area (Å²) in [5, 5.41) is 3.21. The van der Waals surface area contributed by atoms with Crippen LogP contribution in [-0.2, 0) is 0 Å². The normalized spacial score (nSPS) is 21.3. The fraction of sp³-hybridized carbons (Fsp3) is 0.350. The van der Waals surface area contributed by atoms with Gasteiger partial charge in [0.2, 0.25) is 0 Å². The van der Waals surface area contributed by atoms with Crippen molar-refractivity contribution in [2.45, 2.75) is 44.6 Å². The van der Waals surface area contributed by atoms with E-state index in [1.54, 1.807) is 0 Å². The fourth-order valence-corrected chi connectivity index (χ4v) is 3.39. The van der Waals surface area contributed by atoms with Gasteiger partial charge in [-0.25, -0.2) is 0 Å². The highest BCUT2D eigenvalue weighted by Crippen LogP contribution is 2.32. The zero-order chi connectivity index (χ0) is 15.4. The van der Waals surface area contributed by atoms with Gasteiger partial charge in [-0.05, 0) is 55.7 Å². The van der Waals surface area contributed by atoms with Crippen LogP contribution in [0.25, 0.3) is 0 Å². The first-order chi connectivity index (χ1) is 10.7. The molecule has 1 fully saturated rings. The highest BCUT2D eigenvalue weighted by molar-refractivity contribution is 5.95. The molecule has 0 atom stereocenters. The van der Waals surface area contributed by atoms with Gasteiger partial charge in [0.25, 0.3) is 5.91 Å². The second-order valence-corrected chi connectivity index (χ2v) is 6.25. The minimum absolute atomic E-state index is 0.0706. The minimum Gasteiger partial charge on any atom is -0.349 e. The summed E-state index contributed by atoms with van der Waals surface area (Å²) in [6.45, 7) is 1.99. The van der Waals surface area contributed by atoms with E-state index in [1.807, 2.05) is 31.2 Å². The molecule has 0 spiro atoms. The topological polar surface area (TPSA) is 29.1 Å². The molecule has 1 aliphatic carbocycles. The number of hydrogen-bond acceptors (Lipinski definition) is 1. The molecule has 114 valence electrons. The molecule has 1 saturated carbocycles. The van der Waals surface area contributed by atoms with Crippen LogP contribution in [-0.4, -0.2) is 11.9 Å². The monoisotopic (exact) mass is 293 g/mol. The van der Waals surface area contributed by atoms with Gasteiger partial charge in [-0.2, -0.15) is 0 Å². The number of nitrogens with one attached hydrogen (secondary N) is 1. The molecule has 0 saturated heterocycles. The lowest BCUT2D eigenvalue weighted by atomic mass is 9.81. The van der Waals surface area contributed by atoms with Crippen molar-refractivity contribution in [2.75, 3.05) is 0 Å². The number of carbonyl (C=O) groups is 1. The third-order valence-electron chi connectivity index (χ3n) is 4.72. The molecule has 1 aliphatic rings. The van der Waals surface area contributed by atoms with Gasteiger partial charge in [0, 0.05) is 11.6 Å². The van der Waals surface area contributed by atoms with Crippen LogP contribution in [0.4, 0.5) is 0 Å². The Morgan fingerprint density at radius 3 is 2.23 bits per heavy atom. The largest absolute Gasteiger partial charge is 0.349 e. The van der Waals surface area contributed by atoms with Gasteiger partial charge in [0.15, 0.2) is 0 Å². The maximum absolute atomic E-state index is 12.4. The summed E-state index contributed by atoms with van der Waals surface area (Å²) in [4.78, 5) is 12.4. The highest BCUT2D eigenvalue weighted by Gasteiger charge is 2.23. The maximum Gasteiger partial charge on any atom is 0.251 e. The predicted octanol–water partition coefficient (Wildman–Crippen LogP) is 4.45. The van der Waals surface area contributed by atoms with E-state index in [4.69, 9.17) is 0 Å². The summed E-state index contributed by atoms with van der Waals surface area (Å²) < 4.78 is 0. The van der Waals surface area contributed by atoms with E-state index < -0.39 is 0 Å². The van der Waals surface area contributed by atoms with Crippen LogP contribution in [0.15, 0.2) is 54.6 Å². The van der Waals surface area contributed by atoms with Crippen molar-refractivity contribution >= 4 is 5.91 Å². The molecule has 0 bridgehead atoms. The van der Waals surface area contributed by atoms with Gasteiger partial charge in [-0.1, -0.05) is 48.5 Å². The summed E-state index contributed by atoms with van der Waals surface area (Å²) in [5.74, 6) is 0.717. The van der Waals surface area contributed by atoms with Crippen molar-refractivity contribution in [3.63, 3.8) is 0 Å². The third kappa shape index (κ3) is 3.38. The van der Waals surface area contributed by atoms with E-state index in [1.165, 1.54) is 5.56 Å². The van der Waals surface area contributed by atoms with Crippen LogP contribution in [0.2, 0.25) is 0 Å². The summed E-state index contributed by atoms with van der Waals surface area (Å²) >= 11 is 0. The smallest absolute Gasteiger partial charge is 0.251 e. The van der Waals surface area contributed by atoms with E-state index in [0.717, 1.165) is 36.8 Å². The predicted molar refractivity (Wildman–Crippen MR) is 90.1 cm³/mol. The van der Waals surface area contributed by atoms with Crippen molar-refractivity contribution in [1.82, 2.24) is 5.32 Å². The van der Waals surface area contributed by atoms with Crippen LogP contribution in [0.1, 0.15) is 53.1 Å². The summed E-state index contributed by atoms with van der Waals surface area (Å²) in [5.41, 5.74) is 3.27. The van der Waals surface area contributed by atoms with Gasteiger partial charge in [0.05, 0.1) is 0 Å².